The molecule has 1 saturated heterocycles. The molecular weight excluding hydrogens is 509 g/mol. The average Bonchev–Trinajstić information content (AvgIpc) is 2.84. The lowest BCUT2D eigenvalue weighted by Crippen LogP contribution is -2.52. The van der Waals surface area contributed by atoms with Gasteiger partial charge in [0.2, 0.25) is 0 Å². The summed E-state index contributed by atoms with van der Waals surface area (Å²) in [6, 6.07) is 9.39. The van der Waals surface area contributed by atoms with Gasteiger partial charge in [-0.15, -0.1) is 0 Å². The second-order valence-corrected chi connectivity index (χ2v) is 12.6. The number of rotatable bonds is 5. The summed E-state index contributed by atoms with van der Waals surface area (Å²) in [6.45, 7) is 4.67. The second-order valence-electron chi connectivity index (χ2n) is 10.1. The predicted molar refractivity (Wildman–Crippen MR) is 132 cm³/mol. The molecule has 1 aromatic heterocycles. The Hall–Kier alpha value is -2.82. The first-order chi connectivity index (χ1) is 17.3. The number of hydrogen-bond acceptors (Lipinski definition) is 6. The molecular formula is C26H31F3N2O5S. The molecule has 4 rings (SSSR count). The Morgan fingerprint density at radius 1 is 1.14 bits per heavy atom. The number of piperidine rings is 1. The number of ether oxygens (including phenoxy) is 2. The van der Waals surface area contributed by atoms with Gasteiger partial charge in [-0.2, -0.15) is 13.2 Å². The van der Waals surface area contributed by atoms with Gasteiger partial charge in [0.15, 0.2) is 15.9 Å². The number of amides is 1. The van der Waals surface area contributed by atoms with Gasteiger partial charge >= 0.3 is 12.3 Å². The number of fused-ring (bicyclic) bond motifs is 1. The monoisotopic (exact) mass is 540 g/mol. The molecule has 1 spiro atoms. The van der Waals surface area contributed by atoms with E-state index in [4.69, 9.17) is 4.74 Å². The third-order valence-electron chi connectivity index (χ3n) is 7.11. The highest BCUT2D eigenvalue weighted by molar-refractivity contribution is 7.91. The molecule has 0 radical (unpaired) electrons. The summed E-state index contributed by atoms with van der Waals surface area (Å²) < 4.78 is 73.4. The van der Waals surface area contributed by atoms with Crippen LogP contribution in [0.5, 0.6) is 5.75 Å². The first kappa shape index (κ1) is 27.2. The molecule has 0 bridgehead atoms. The normalized spacial score (nSPS) is 18.3. The number of nitrogens with zero attached hydrogens (tertiary/aromatic N) is 2. The molecule has 2 aliphatic rings. The SMILES string of the molecule is CC(OC(=O)N1CCC2(CCc3cc(-c4ccc(CS(=O)(=O)C(C)C)cn4)ccc3O2)CC1)C(F)(F)F. The summed E-state index contributed by atoms with van der Waals surface area (Å²) in [7, 11) is -3.20. The van der Waals surface area contributed by atoms with Crippen molar-refractivity contribution < 1.29 is 35.9 Å². The summed E-state index contributed by atoms with van der Waals surface area (Å²) >= 11 is 0. The van der Waals surface area contributed by atoms with E-state index < -0.39 is 39.1 Å². The largest absolute Gasteiger partial charge is 0.487 e. The molecule has 0 saturated carbocycles. The van der Waals surface area contributed by atoms with Gasteiger partial charge in [0.25, 0.3) is 0 Å². The van der Waals surface area contributed by atoms with E-state index in [0.717, 1.165) is 42.3 Å². The van der Waals surface area contributed by atoms with Crippen molar-refractivity contribution in [3.05, 3.63) is 47.7 Å². The molecule has 1 amide bonds. The highest BCUT2D eigenvalue weighted by Gasteiger charge is 2.43. The minimum Gasteiger partial charge on any atom is -0.487 e. The fraction of sp³-hybridized carbons (Fsp3) is 0.538. The van der Waals surface area contributed by atoms with Crippen molar-refractivity contribution in [1.29, 1.82) is 0 Å². The Morgan fingerprint density at radius 3 is 2.43 bits per heavy atom. The van der Waals surface area contributed by atoms with Crippen molar-refractivity contribution in [2.75, 3.05) is 13.1 Å². The first-order valence-electron chi connectivity index (χ1n) is 12.3. The molecule has 0 N–H and O–H groups in total. The zero-order valence-electron chi connectivity index (χ0n) is 21.0. The molecule has 1 atom stereocenters. The van der Waals surface area contributed by atoms with Crippen LogP contribution in [0.4, 0.5) is 18.0 Å². The van der Waals surface area contributed by atoms with Gasteiger partial charge in [0.05, 0.1) is 16.7 Å². The third kappa shape index (κ3) is 6.19. The van der Waals surface area contributed by atoms with E-state index in [1.165, 1.54) is 4.90 Å². The zero-order chi connectivity index (χ0) is 27.0. The van der Waals surface area contributed by atoms with Gasteiger partial charge in [-0.3, -0.25) is 4.98 Å². The van der Waals surface area contributed by atoms with E-state index in [9.17, 15) is 26.4 Å². The Bertz CT molecular complexity index is 1240. The smallest absolute Gasteiger partial charge is 0.425 e. The molecule has 3 heterocycles. The fourth-order valence-electron chi connectivity index (χ4n) is 4.50. The van der Waals surface area contributed by atoms with Gasteiger partial charge in [-0.25, -0.2) is 13.2 Å². The Labute approximate surface area is 214 Å². The highest BCUT2D eigenvalue weighted by atomic mass is 32.2. The van der Waals surface area contributed by atoms with E-state index in [-0.39, 0.29) is 18.8 Å². The molecule has 2 aromatic rings. The van der Waals surface area contributed by atoms with Crippen LogP contribution in [0.15, 0.2) is 36.5 Å². The summed E-state index contributed by atoms with van der Waals surface area (Å²) in [5, 5.41) is -0.449. The maximum atomic E-state index is 12.7. The van der Waals surface area contributed by atoms with E-state index in [1.807, 2.05) is 24.3 Å². The van der Waals surface area contributed by atoms with Crippen molar-refractivity contribution in [1.82, 2.24) is 9.88 Å². The van der Waals surface area contributed by atoms with Crippen LogP contribution in [0.1, 0.15) is 51.2 Å². The lowest BCUT2D eigenvalue weighted by atomic mass is 9.83. The second kappa shape index (κ2) is 10.2. The lowest BCUT2D eigenvalue weighted by molar-refractivity contribution is -0.200. The zero-order valence-corrected chi connectivity index (χ0v) is 21.9. The van der Waals surface area contributed by atoms with Crippen LogP contribution in [-0.4, -0.2) is 60.6 Å². The number of sulfone groups is 1. The number of halogens is 3. The molecule has 11 heteroatoms. The maximum absolute atomic E-state index is 12.7. The summed E-state index contributed by atoms with van der Waals surface area (Å²) in [5.74, 6) is 0.700. The number of benzene rings is 1. The van der Waals surface area contributed by atoms with Crippen molar-refractivity contribution >= 4 is 15.9 Å². The van der Waals surface area contributed by atoms with Crippen molar-refractivity contribution in [2.45, 2.75) is 75.3 Å². The topological polar surface area (TPSA) is 85.8 Å². The number of alkyl halides is 3. The molecule has 37 heavy (non-hydrogen) atoms. The van der Waals surface area contributed by atoms with Crippen LogP contribution in [0.2, 0.25) is 0 Å². The van der Waals surface area contributed by atoms with Crippen molar-refractivity contribution in [3.63, 3.8) is 0 Å². The third-order valence-corrected chi connectivity index (χ3v) is 9.29. The van der Waals surface area contributed by atoms with E-state index >= 15 is 0 Å². The number of carbonyl (C=O) groups is 1. The Morgan fingerprint density at radius 2 is 1.84 bits per heavy atom. The van der Waals surface area contributed by atoms with Crippen molar-refractivity contribution in [3.8, 4) is 17.0 Å². The quantitative estimate of drug-likeness (QED) is 0.511. The lowest BCUT2D eigenvalue weighted by Gasteiger charge is -2.44. The minimum atomic E-state index is -4.59. The van der Waals surface area contributed by atoms with Crippen molar-refractivity contribution in [2.24, 2.45) is 0 Å². The summed E-state index contributed by atoms with van der Waals surface area (Å²) in [4.78, 5) is 17.9. The number of carbonyl (C=O) groups excluding carboxylic acids is 1. The molecule has 202 valence electrons. The first-order valence-corrected chi connectivity index (χ1v) is 14.0. The Kier molecular flexibility index (Phi) is 7.47. The molecule has 2 aliphatic heterocycles. The van der Waals surface area contributed by atoms with Gasteiger partial charge in [-0.05, 0) is 69.0 Å². The Balaban J connectivity index is 1.38. The molecule has 1 unspecified atom stereocenters. The van der Waals surface area contributed by atoms with Crippen LogP contribution in [0, 0.1) is 0 Å². The molecule has 1 fully saturated rings. The summed E-state index contributed by atoms with van der Waals surface area (Å²) in [5.41, 5.74) is 2.82. The predicted octanol–water partition coefficient (Wildman–Crippen LogP) is 5.32. The number of pyridine rings is 1. The number of aryl methyl sites for hydroxylation is 1. The average molecular weight is 541 g/mol. The van der Waals surface area contributed by atoms with Crippen LogP contribution >= 0.6 is 0 Å². The van der Waals surface area contributed by atoms with Crippen LogP contribution in [0.25, 0.3) is 11.3 Å². The fourth-order valence-corrected chi connectivity index (χ4v) is 5.47. The van der Waals surface area contributed by atoms with Crippen LogP contribution < -0.4 is 4.74 Å². The number of aromatic nitrogens is 1. The molecule has 7 nitrogen and oxygen atoms in total. The summed E-state index contributed by atoms with van der Waals surface area (Å²) in [6.07, 6.45) is -3.61. The van der Waals surface area contributed by atoms with Gasteiger partial charge < -0.3 is 14.4 Å². The minimum absolute atomic E-state index is 0.0471. The number of hydrogen-bond donors (Lipinski definition) is 0. The molecule has 0 aliphatic carbocycles. The van der Waals surface area contributed by atoms with Gasteiger partial charge in [0, 0.05) is 37.7 Å². The van der Waals surface area contributed by atoms with E-state index in [1.54, 1.807) is 26.1 Å². The van der Waals surface area contributed by atoms with Gasteiger partial charge in [0.1, 0.15) is 11.4 Å². The van der Waals surface area contributed by atoms with Crippen LogP contribution in [-0.2, 0) is 26.7 Å². The molecule has 1 aromatic carbocycles. The van der Waals surface area contributed by atoms with Gasteiger partial charge in [-0.1, -0.05) is 6.07 Å². The highest BCUT2D eigenvalue weighted by Crippen LogP contribution is 2.41. The van der Waals surface area contributed by atoms with E-state index in [0.29, 0.717) is 18.4 Å². The standard InChI is InChI=1S/C26H31F3N2O5S/c1-17(2)37(33,34)16-19-4-6-22(30-15-19)20-5-7-23-21(14-20)8-9-25(36-23)10-12-31(13-11-25)24(32)35-18(3)26(27,28)29/h4-7,14-15,17-18H,8-13,16H2,1-3H3. The van der Waals surface area contributed by atoms with Crippen LogP contribution in [0.3, 0.4) is 0 Å². The maximum Gasteiger partial charge on any atom is 0.425 e. The van der Waals surface area contributed by atoms with E-state index in [2.05, 4.69) is 9.72 Å². The number of likely N-dealkylation sites (tertiary alicyclic amines) is 1.